The van der Waals surface area contributed by atoms with E-state index in [1.54, 1.807) is 43.4 Å². The van der Waals surface area contributed by atoms with Crippen LogP contribution < -0.4 is 15.0 Å². The number of nitrogens with one attached hydrogen (secondary N) is 1. The van der Waals surface area contributed by atoms with Crippen LogP contribution in [0.2, 0.25) is 5.02 Å². The predicted molar refractivity (Wildman–Crippen MR) is 136 cm³/mol. The monoisotopic (exact) mass is 535 g/mol. The van der Waals surface area contributed by atoms with E-state index in [-0.39, 0.29) is 23.5 Å². The molecule has 10 heteroatoms. The second kappa shape index (κ2) is 11.0. The highest BCUT2D eigenvalue weighted by molar-refractivity contribution is 6.30. The number of urea groups is 1. The van der Waals surface area contributed by atoms with Crippen LogP contribution in [-0.4, -0.2) is 50.5 Å². The van der Waals surface area contributed by atoms with Gasteiger partial charge in [-0.25, -0.2) is 9.18 Å². The molecule has 1 aliphatic heterocycles. The predicted octanol–water partition coefficient (Wildman–Crippen LogP) is 6.68. The Morgan fingerprint density at radius 3 is 2.30 bits per heavy atom. The number of nitrogens with zero attached hydrogens (tertiary/aromatic N) is 2. The van der Waals surface area contributed by atoms with Crippen molar-refractivity contribution in [1.29, 1.82) is 0 Å². The van der Waals surface area contributed by atoms with E-state index in [0.29, 0.717) is 35.7 Å². The van der Waals surface area contributed by atoms with Gasteiger partial charge in [-0.2, -0.15) is 0 Å². The molecule has 0 radical (unpaired) electrons. The van der Waals surface area contributed by atoms with Crippen LogP contribution in [0.25, 0.3) is 11.1 Å². The van der Waals surface area contributed by atoms with Crippen LogP contribution in [0.5, 0.6) is 5.75 Å². The Kier molecular flexibility index (Phi) is 7.94. The fraction of sp³-hybridized carbons (Fsp3) is 0.296. The van der Waals surface area contributed by atoms with Crippen LogP contribution >= 0.6 is 11.6 Å². The zero-order valence-corrected chi connectivity index (χ0v) is 21.0. The van der Waals surface area contributed by atoms with Crippen molar-refractivity contribution in [3.05, 3.63) is 83.1 Å². The quantitative estimate of drug-likeness (QED) is 0.371. The molecule has 3 aromatic rings. The minimum atomic E-state index is -4.94. The van der Waals surface area contributed by atoms with Gasteiger partial charge in [0, 0.05) is 37.6 Å². The Bertz CT molecular complexity index is 1240. The molecule has 196 valence electrons. The normalized spacial score (nSPS) is 17.8. The van der Waals surface area contributed by atoms with E-state index < -0.39 is 18.1 Å². The first-order chi connectivity index (χ1) is 17.5. The number of anilines is 1. The number of hydrogen-bond donors (Lipinski definition) is 1. The molecule has 5 nitrogen and oxygen atoms in total. The summed E-state index contributed by atoms with van der Waals surface area (Å²) in [5, 5.41) is 3.82. The zero-order chi connectivity index (χ0) is 26.7. The maximum absolute atomic E-state index is 13.6. The van der Waals surface area contributed by atoms with Crippen molar-refractivity contribution >= 4 is 23.3 Å². The lowest BCUT2D eigenvalue weighted by Crippen LogP contribution is -2.52. The van der Waals surface area contributed by atoms with Gasteiger partial charge in [0.1, 0.15) is 5.82 Å². The lowest BCUT2D eigenvalue weighted by molar-refractivity contribution is -0.274. The highest BCUT2D eigenvalue weighted by Gasteiger charge is 2.36. The summed E-state index contributed by atoms with van der Waals surface area (Å²) in [6, 6.07) is 16.4. The molecule has 0 bridgehead atoms. The highest BCUT2D eigenvalue weighted by atomic mass is 35.5. The number of rotatable bonds is 5. The van der Waals surface area contributed by atoms with Crippen molar-refractivity contribution in [2.75, 3.05) is 32.1 Å². The molecular formula is C27H26ClF4N3O2. The maximum atomic E-state index is 13.6. The number of likely N-dealkylation sites (N-methyl/N-ethyl adjacent to an activating group) is 1. The van der Waals surface area contributed by atoms with Crippen LogP contribution in [-0.2, 0) is 0 Å². The summed E-state index contributed by atoms with van der Waals surface area (Å²) in [5.74, 6) is -0.969. The average molecular weight is 536 g/mol. The molecular weight excluding hydrogens is 510 g/mol. The second-order valence-corrected chi connectivity index (χ2v) is 9.34. The molecule has 0 saturated carbocycles. The fourth-order valence-corrected chi connectivity index (χ4v) is 4.78. The van der Waals surface area contributed by atoms with E-state index in [4.69, 9.17) is 11.6 Å². The lowest BCUT2D eigenvalue weighted by atomic mass is 9.86. The number of benzene rings is 3. The van der Waals surface area contributed by atoms with Gasteiger partial charge < -0.3 is 15.0 Å². The zero-order valence-electron chi connectivity index (χ0n) is 20.2. The molecule has 37 heavy (non-hydrogen) atoms. The van der Waals surface area contributed by atoms with E-state index >= 15 is 0 Å². The Hall–Kier alpha value is -3.30. The molecule has 4 rings (SSSR count). The Balaban J connectivity index is 1.65. The SMILES string of the molecule is CN(C(=O)N(C)[C@@H]1CCNC[C@H]1c1ccc(F)cc1)c1cc(-c2ccc(Cl)cc2)ccc1OC(F)(F)F. The second-order valence-electron chi connectivity index (χ2n) is 8.91. The molecule has 1 fully saturated rings. The van der Waals surface area contributed by atoms with E-state index in [9.17, 15) is 22.4 Å². The minimum absolute atomic E-state index is 0.0334. The van der Waals surface area contributed by atoms with Crippen LogP contribution in [0.3, 0.4) is 0 Å². The third kappa shape index (κ3) is 6.34. The Morgan fingerprint density at radius 2 is 1.65 bits per heavy atom. The van der Waals surface area contributed by atoms with Crippen LogP contribution in [0.1, 0.15) is 17.9 Å². The van der Waals surface area contributed by atoms with Gasteiger partial charge in [-0.1, -0.05) is 41.9 Å². The third-order valence-corrected chi connectivity index (χ3v) is 6.81. The van der Waals surface area contributed by atoms with E-state index in [2.05, 4.69) is 10.1 Å². The van der Waals surface area contributed by atoms with Crippen molar-refractivity contribution in [1.82, 2.24) is 10.2 Å². The molecule has 2 amide bonds. The van der Waals surface area contributed by atoms with Crippen molar-refractivity contribution in [3.8, 4) is 16.9 Å². The highest BCUT2D eigenvalue weighted by Crippen LogP contribution is 2.37. The molecule has 2 atom stereocenters. The first-order valence-corrected chi connectivity index (χ1v) is 12.0. The minimum Gasteiger partial charge on any atom is -0.404 e. The van der Waals surface area contributed by atoms with Gasteiger partial charge in [0.2, 0.25) is 0 Å². The first kappa shape index (κ1) is 26.8. The van der Waals surface area contributed by atoms with Gasteiger partial charge in [0.25, 0.3) is 0 Å². The van der Waals surface area contributed by atoms with Crippen LogP contribution in [0.4, 0.5) is 28.0 Å². The molecule has 0 spiro atoms. The van der Waals surface area contributed by atoms with Gasteiger partial charge in [0.05, 0.1) is 5.69 Å². The topological polar surface area (TPSA) is 44.8 Å². The summed E-state index contributed by atoms with van der Waals surface area (Å²) >= 11 is 5.97. The Labute approximate surface area is 217 Å². The molecule has 1 heterocycles. The van der Waals surface area contributed by atoms with Gasteiger partial charge in [-0.05, 0) is 66.1 Å². The number of hydrogen-bond acceptors (Lipinski definition) is 3. The number of piperidine rings is 1. The van der Waals surface area contributed by atoms with Gasteiger partial charge in [-0.15, -0.1) is 13.2 Å². The summed E-state index contributed by atoms with van der Waals surface area (Å²) in [7, 11) is 3.04. The van der Waals surface area contributed by atoms with Crippen molar-refractivity contribution in [2.24, 2.45) is 0 Å². The third-order valence-electron chi connectivity index (χ3n) is 6.55. The summed E-state index contributed by atoms with van der Waals surface area (Å²) in [6.07, 6.45) is -4.32. The maximum Gasteiger partial charge on any atom is 0.573 e. The number of alkyl halides is 3. The average Bonchev–Trinajstić information content (AvgIpc) is 2.88. The molecule has 0 aromatic heterocycles. The summed E-state index contributed by atoms with van der Waals surface area (Å²) in [6.45, 7) is 1.24. The van der Waals surface area contributed by atoms with E-state index in [1.807, 2.05) is 0 Å². The number of halogens is 5. The van der Waals surface area contributed by atoms with Crippen molar-refractivity contribution in [3.63, 3.8) is 0 Å². The number of carbonyl (C=O) groups is 1. The fourth-order valence-electron chi connectivity index (χ4n) is 4.65. The molecule has 0 aliphatic carbocycles. The standard InChI is InChI=1S/C27H26ClF4N3O2/c1-34(23-13-14-33-16-22(23)18-5-10-21(29)11-6-18)26(36)35(2)24-15-19(17-3-8-20(28)9-4-17)7-12-25(24)37-27(30,31)32/h3-12,15,22-23,33H,13-14,16H2,1-2H3/t22-,23+/m0/s1. The van der Waals surface area contributed by atoms with E-state index in [0.717, 1.165) is 10.5 Å². The lowest BCUT2D eigenvalue weighted by Gasteiger charge is -2.40. The summed E-state index contributed by atoms with van der Waals surface area (Å²) in [4.78, 5) is 16.3. The van der Waals surface area contributed by atoms with Crippen molar-refractivity contribution < 1.29 is 27.1 Å². The molecule has 1 N–H and O–H groups in total. The number of ether oxygens (including phenoxy) is 1. The smallest absolute Gasteiger partial charge is 0.404 e. The largest absolute Gasteiger partial charge is 0.573 e. The molecule has 3 aromatic carbocycles. The summed E-state index contributed by atoms with van der Waals surface area (Å²) < 4.78 is 57.3. The van der Waals surface area contributed by atoms with Gasteiger partial charge in [-0.3, -0.25) is 4.90 Å². The first-order valence-electron chi connectivity index (χ1n) is 11.7. The number of amides is 2. The van der Waals surface area contributed by atoms with E-state index in [1.165, 1.54) is 42.3 Å². The Morgan fingerprint density at radius 1 is 1.00 bits per heavy atom. The number of carbonyl (C=O) groups excluding carboxylic acids is 1. The van der Waals surface area contributed by atoms with Crippen LogP contribution in [0.15, 0.2) is 66.7 Å². The van der Waals surface area contributed by atoms with Crippen molar-refractivity contribution in [2.45, 2.75) is 24.7 Å². The van der Waals surface area contributed by atoms with Gasteiger partial charge >= 0.3 is 12.4 Å². The molecule has 1 saturated heterocycles. The molecule has 1 aliphatic rings. The van der Waals surface area contributed by atoms with Crippen LogP contribution in [0, 0.1) is 5.82 Å². The molecule has 0 unspecified atom stereocenters. The van der Waals surface area contributed by atoms with Gasteiger partial charge in [0.15, 0.2) is 5.75 Å². The summed E-state index contributed by atoms with van der Waals surface area (Å²) in [5.41, 5.74) is 2.14.